The SMILES string of the molecule is CC1(C)OB(CCCCCOc2cccc3c2CCCCC3)OC1(C)C. The van der Waals surface area contributed by atoms with Crippen molar-refractivity contribution < 1.29 is 14.0 Å². The van der Waals surface area contributed by atoms with Crippen LogP contribution in [0.1, 0.15) is 77.3 Å². The van der Waals surface area contributed by atoms with Crippen LogP contribution >= 0.6 is 0 Å². The second-order valence-corrected chi connectivity index (χ2v) is 8.84. The molecule has 1 aliphatic carbocycles. The van der Waals surface area contributed by atoms with Crippen LogP contribution in [0.5, 0.6) is 5.75 Å². The molecule has 0 bridgehead atoms. The molecule has 0 atom stereocenters. The molecule has 0 radical (unpaired) electrons. The Labute approximate surface area is 159 Å². The smallest absolute Gasteiger partial charge is 0.457 e. The quantitative estimate of drug-likeness (QED) is 0.361. The molecule has 26 heavy (non-hydrogen) atoms. The minimum absolute atomic E-state index is 0.0641. The highest BCUT2D eigenvalue weighted by molar-refractivity contribution is 6.45. The number of benzene rings is 1. The summed E-state index contributed by atoms with van der Waals surface area (Å²) in [6.45, 7) is 9.26. The first kappa shape index (κ1) is 19.8. The van der Waals surface area contributed by atoms with E-state index in [0.717, 1.165) is 37.9 Å². The van der Waals surface area contributed by atoms with E-state index in [2.05, 4.69) is 45.9 Å². The fourth-order valence-corrected chi connectivity index (χ4v) is 3.91. The van der Waals surface area contributed by atoms with Gasteiger partial charge in [-0.3, -0.25) is 0 Å². The van der Waals surface area contributed by atoms with E-state index < -0.39 is 0 Å². The van der Waals surface area contributed by atoms with E-state index in [1.54, 1.807) is 0 Å². The third kappa shape index (κ3) is 4.64. The Kier molecular flexibility index (Phi) is 6.35. The third-order valence-electron chi connectivity index (χ3n) is 6.25. The Morgan fingerprint density at radius 2 is 1.65 bits per heavy atom. The molecular formula is C22H35BO3. The van der Waals surface area contributed by atoms with E-state index in [0.29, 0.717) is 0 Å². The highest BCUT2D eigenvalue weighted by Crippen LogP contribution is 2.38. The van der Waals surface area contributed by atoms with Crippen LogP contribution in [0.3, 0.4) is 0 Å². The van der Waals surface area contributed by atoms with E-state index in [4.69, 9.17) is 14.0 Å². The molecular weight excluding hydrogens is 323 g/mol. The molecule has 0 spiro atoms. The molecule has 0 unspecified atom stereocenters. The molecule has 0 amide bonds. The molecule has 0 aromatic heterocycles. The predicted molar refractivity (Wildman–Crippen MR) is 108 cm³/mol. The average molecular weight is 358 g/mol. The van der Waals surface area contributed by atoms with Crippen LogP contribution in [0, 0.1) is 0 Å². The summed E-state index contributed by atoms with van der Waals surface area (Å²) >= 11 is 0. The summed E-state index contributed by atoms with van der Waals surface area (Å²) in [5, 5.41) is 0. The third-order valence-corrected chi connectivity index (χ3v) is 6.25. The number of hydrogen-bond donors (Lipinski definition) is 0. The fourth-order valence-electron chi connectivity index (χ4n) is 3.91. The zero-order valence-corrected chi connectivity index (χ0v) is 17.1. The average Bonchev–Trinajstić information content (AvgIpc) is 2.74. The van der Waals surface area contributed by atoms with Crippen LogP contribution in [0.4, 0.5) is 0 Å². The van der Waals surface area contributed by atoms with Crippen molar-refractivity contribution in [1.82, 2.24) is 0 Å². The molecule has 1 aromatic carbocycles. The van der Waals surface area contributed by atoms with Gasteiger partial charge < -0.3 is 14.0 Å². The monoisotopic (exact) mass is 358 g/mol. The van der Waals surface area contributed by atoms with Gasteiger partial charge in [-0.15, -0.1) is 0 Å². The number of ether oxygens (including phenoxy) is 1. The second-order valence-electron chi connectivity index (χ2n) is 8.84. The van der Waals surface area contributed by atoms with Crippen molar-refractivity contribution in [1.29, 1.82) is 0 Å². The van der Waals surface area contributed by atoms with Gasteiger partial charge in [-0.25, -0.2) is 0 Å². The van der Waals surface area contributed by atoms with Crippen LogP contribution in [0.2, 0.25) is 6.32 Å². The lowest BCUT2D eigenvalue weighted by atomic mass is 9.82. The molecule has 3 rings (SSSR count). The number of rotatable bonds is 7. The minimum Gasteiger partial charge on any atom is -0.493 e. The lowest BCUT2D eigenvalue weighted by molar-refractivity contribution is 0.00578. The number of hydrogen-bond acceptors (Lipinski definition) is 3. The molecule has 4 heteroatoms. The highest BCUT2D eigenvalue weighted by Gasteiger charge is 2.50. The number of fused-ring (bicyclic) bond motifs is 1. The maximum absolute atomic E-state index is 6.14. The first-order chi connectivity index (χ1) is 12.4. The second kappa shape index (κ2) is 8.35. The largest absolute Gasteiger partial charge is 0.493 e. The van der Waals surface area contributed by atoms with Gasteiger partial charge in [-0.05, 0) is 83.3 Å². The van der Waals surface area contributed by atoms with Gasteiger partial charge in [0.2, 0.25) is 0 Å². The molecule has 1 fully saturated rings. The lowest BCUT2D eigenvalue weighted by Crippen LogP contribution is -2.41. The summed E-state index contributed by atoms with van der Waals surface area (Å²) in [5.41, 5.74) is 2.53. The van der Waals surface area contributed by atoms with Crippen molar-refractivity contribution in [2.24, 2.45) is 0 Å². The molecule has 3 nitrogen and oxygen atoms in total. The lowest BCUT2D eigenvalue weighted by Gasteiger charge is -2.32. The molecule has 1 saturated heterocycles. The maximum atomic E-state index is 6.14. The van der Waals surface area contributed by atoms with Crippen molar-refractivity contribution in [3.8, 4) is 5.75 Å². The standard InChI is InChI=1S/C22H35BO3/c1-21(2)22(3,4)26-23(25-21)16-9-6-10-17-24-20-15-11-13-18-12-7-5-8-14-19(18)20/h11,13,15H,5-10,12,14,16-17H2,1-4H3. The Hall–Kier alpha value is -0.995. The molecule has 144 valence electrons. The summed E-state index contributed by atoms with van der Waals surface area (Å²) in [4.78, 5) is 0. The number of unbranched alkanes of at least 4 members (excludes halogenated alkanes) is 2. The molecule has 1 heterocycles. The number of aryl methyl sites for hydroxylation is 1. The van der Waals surface area contributed by atoms with E-state index in [9.17, 15) is 0 Å². The van der Waals surface area contributed by atoms with Crippen molar-refractivity contribution in [3.05, 3.63) is 29.3 Å². The van der Waals surface area contributed by atoms with Gasteiger partial charge in [0.25, 0.3) is 0 Å². The van der Waals surface area contributed by atoms with Gasteiger partial charge >= 0.3 is 7.12 Å². The molecule has 1 aliphatic heterocycles. The van der Waals surface area contributed by atoms with Crippen molar-refractivity contribution in [2.75, 3.05) is 6.61 Å². The van der Waals surface area contributed by atoms with Gasteiger partial charge in [-0.1, -0.05) is 31.4 Å². The minimum atomic E-state index is -0.216. The van der Waals surface area contributed by atoms with Crippen LogP contribution in [0.15, 0.2) is 18.2 Å². The van der Waals surface area contributed by atoms with Crippen LogP contribution < -0.4 is 4.74 Å². The van der Waals surface area contributed by atoms with Crippen LogP contribution in [0.25, 0.3) is 0 Å². The van der Waals surface area contributed by atoms with Gasteiger partial charge in [0.05, 0.1) is 17.8 Å². The van der Waals surface area contributed by atoms with Crippen molar-refractivity contribution >= 4 is 7.12 Å². The van der Waals surface area contributed by atoms with Gasteiger partial charge in [0, 0.05) is 0 Å². The topological polar surface area (TPSA) is 27.7 Å². The van der Waals surface area contributed by atoms with E-state index in [1.165, 1.54) is 43.2 Å². The fraction of sp³-hybridized carbons (Fsp3) is 0.727. The zero-order valence-electron chi connectivity index (χ0n) is 17.1. The predicted octanol–water partition coefficient (Wildman–Crippen LogP) is 5.60. The summed E-state index contributed by atoms with van der Waals surface area (Å²) in [7, 11) is -0.0641. The summed E-state index contributed by atoms with van der Waals surface area (Å²) in [6, 6.07) is 6.57. The maximum Gasteiger partial charge on any atom is 0.457 e. The first-order valence-corrected chi connectivity index (χ1v) is 10.5. The molecule has 2 aliphatic rings. The van der Waals surface area contributed by atoms with Crippen molar-refractivity contribution in [2.45, 2.75) is 96.6 Å². The van der Waals surface area contributed by atoms with E-state index >= 15 is 0 Å². The summed E-state index contributed by atoms with van der Waals surface area (Å²) in [6.07, 6.45) is 10.7. The van der Waals surface area contributed by atoms with E-state index in [-0.39, 0.29) is 18.3 Å². The summed E-state index contributed by atoms with van der Waals surface area (Å²) < 4.78 is 18.3. The van der Waals surface area contributed by atoms with Gasteiger partial charge in [0.1, 0.15) is 5.75 Å². The first-order valence-electron chi connectivity index (χ1n) is 10.5. The Morgan fingerprint density at radius 1 is 0.923 bits per heavy atom. The van der Waals surface area contributed by atoms with Crippen LogP contribution in [-0.4, -0.2) is 24.9 Å². The Balaban J connectivity index is 1.37. The van der Waals surface area contributed by atoms with Gasteiger partial charge in [0.15, 0.2) is 0 Å². The van der Waals surface area contributed by atoms with E-state index in [1.807, 2.05) is 0 Å². The summed E-state index contributed by atoms with van der Waals surface area (Å²) in [5.74, 6) is 1.12. The van der Waals surface area contributed by atoms with Crippen molar-refractivity contribution in [3.63, 3.8) is 0 Å². The zero-order chi connectivity index (χ0) is 18.6. The Bertz CT molecular complexity index is 581. The molecule has 0 saturated carbocycles. The Morgan fingerprint density at radius 3 is 2.42 bits per heavy atom. The van der Waals surface area contributed by atoms with Gasteiger partial charge in [-0.2, -0.15) is 0 Å². The highest BCUT2D eigenvalue weighted by atomic mass is 16.7. The molecule has 1 aromatic rings. The van der Waals surface area contributed by atoms with Crippen LogP contribution in [-0.2, 0) is 22.2 Å². The normalized spacial score (nSPS) is 21.3. The molecule has 0 N–H and O–H groups in total.